The summed E-state index contributed by atoms with van der Waals surface area (Å²) < 4.78 is 0. The molecule has 4 nitrogen and oxygen atoms in total. The maximum Gasteiger partial charge on any atom is 0.308 e. The van der Waals surface area contributed by atoms with Crippen molar-refractivity contribution in [3.63, 3.8) is 0 Å². The first-order chi connectivity index (χ1) is 8.49. The van der Waals surface area contributed by atoms with Crippen molar-refractivity contribution in [3.8, 4) is 0 Å². The van der Waals surface area contributed by atoms with Gasteiger partial charge in [-0.15, -0.1) is 0 Å². The fourth-order valence-corrected chi connectivity index (χ4v) is 2.16. The van der Waals surface area contributed by atoms with Gasteiger partial charge in [-0.05, 0) is 18.8 Å². The quantitative estimate of drug-likeness (QED) is 0.725. The number of aliphatic carboxylic acids is 1. The van der Waals surface area contributed by atoms with Gasteiger partial charge in [-0.3, -0.25) is 9.59 Å². The average molecular weight is 255 g/mol. The van der Waals surface area contributed by atoms with E-state index in [2.05, 4.69) is 13.8 Å². The van der Waals surface area contributed by atoms with Gasteiger partial charge in [-0.1, -0.05) is 33.6 Å². The molecule has 1 rings (SSSR count). The summed E-state index contributed by atoms with van der Waals surface area (Å²) in [5.41, 5.74) is 0. The van der Waals surface area contributed by atoms with E-state index in [1.165, 1.54) is 0 Å². The van der Waals surface area contributed by atoms with Gasteiger partial charge in [-0.2, -0.15) is 0 Å². The summed E-state index contributed by atoms with van der Waals surface area (Å²) >= 11 is 0. The Balaban J connectivity index is 2.55. The average Bonchev–Trinajstić information content (AvgIpc) is 3.16. The third-order valence-corrected chi connectivity index (χ3v) is 3.82. The van der Waals surface area contributed by atoms with Gasteiger partial charge in [0.1, 0.15) is 0 Å². The lowest BCUT2D eigenvalue weighted by Gasteiger charge is -2.26. The van der Waals surface area contributed by atoms with Crippen molar-refractivity contribution in [2.24, 2.45) is 11.8 Å². The number of nitrogens with zero attached hydrogens (tertiary/aromatic N) is 1. The Morgan fingerprint density at radius 1 is 1.28 bits per heavy atom. The molecule has 1 fully saturated rings. The first kappa shape index (κ1) is 15.0. The van der Waals surface area contributed by atoms with Gasteiger partial charge in [-0.25, -0.2) is 0 Å². The van der Waals surface area contributed by atoms with Crippen molar-refractivity contribution < 1.29 is 14.7 Å². The van der Waals surface area contributed by atoms with E-state index < -0.39 is 11.9 Å². The summed E-state index contributed by atoms with van der Waals surface area (Å²) in [6.07, 6.45) is 4.64. The Labute approximate surface area is 109 Å². The topological polar surface area (TPSA) is 57.6 Å². The van der Waals surface area contributed by atoms with E-state index >= 15 is 0 Å². The van der Waals surface area contributed by atoms with Gasteiger partial charge in [0.05, 0.1) is 5.92 Å². The fourth-order valence-electron chi connectivity index (χ4n) is 2.16. The van der Waals surface area contributed by atoms with E-state index in [0.717, 1.165) is 25.7 Å². The van der Waals surface area contributed by atoms with Crippen LogP contribution < -0.4 is 0 Å². The third kappa shape index (κ3) is 4.31. The highest BCUT2D eigenvalue weighted by atomic mass is 16.4. The molecule has 1 atom stereocenters. The molecule has 1 saturated carbocycles. The van der Waals surface area contributed by atoms with Crippen LogP contribution >= 0.6 is 0 Å². The normalized spacial score (nSPS) is 16.7. The molecule has 0 aliphatic heterocycles. The van der Waals surface area contributed by atoms with Gasteiger partial charge in [0.2, 0.25) is 5.91 Å². The number of carbonyl (C=O) groups is 2. The first-order valence-corrected chi connectivity index (χ1v) is 7.01. The zero-order valence-electron chi connectivity index (χ0n) is 11.7. The van der Waals surface area contributed by atoms with Gasteiger partial charge in [0.25, 0.3) is 0 Å². The lowest BCUT2D eigenvalue weighted by molar-refractivity contribution is -0.143. The second kappa shape index (κ2) is 6.76. The predicted molar refractivity (Wildman–Crippen MR) is 70.2 cm³/mol. The van der Waals surface area contributed by atoms with Gasteiger partial charge in [0.15, 0.2) is 0 Å². The molecule has 0 aromatic rings. The molecule has 0 saturated heterocycles. The zero-order chi connectivity index (χ0) is 13.7. The number of hydrogen-bond acceptors (Lipinski definition) is 2. The number of amides is 1. The molecule has 0 spiro atoms. The zero-order valence-corrected chi connectivity index (χ0v) is 11.7. The molecule has 1 unspecified atom stereocenters. The number of carboxylic acids is 1. The Morgan fingerprint density at radius 2 is 1.83 bits per heavy atom. The van der Waals surface area contributed by atoms with Crippen LogP contribution in [0.25, 0.3) is 0 Å². The SMILES string of the molecule is CCC(CC)CC(=O)N(CC(C)C(=O)O)C1CC1. The molecular weight excluding hydrogens is 230 g/mol. The maximum atomic E-state index is 12.2. The highest BCUT2D eigenvalue weighted by Gasteiger charge is 2.34. The van der Waals surface area contributed by atoms with Crippen LogP contribution in [0.4, 0.5) is 0 Å². The highest BCUT2D eigenvalue weighted by Crippen LogP contribution is 2.29. The van der Waals surface area contributed by atoms with Gasteiger partial charge in [0, 0.05) is 19.0 Å². The lowest BCUT2D eigenvalue weighted by atomic mass is 9.98. The summed E-state index contributed by atoms with van der Waals surface area (Å²) in [5.74, 6) is -0.731. The van der Waals surface area contributed by atoms with E-state index in [-0.39, 0.29) is 5.91 Å². The predicted octanol–water partition coefficient (Wildman–Crippen LogP) is 2.52. The molecule has 0 heterocycles. The van der Waals surface area contributed by atoms with Crippen LogP contribution in [0.15, 0.2) is 0 Å². The first-order valence-electron chi connectivity index (χ1n) is 7.01. The van der Waals surface area contributed by atoms with E-state index in [4.69, 9.17) is 5.11 Å². The minimum Gasteiger partial charge on any atom is -0.481 e. The summed E-state index contributed by atoms with van der Waals surface area (Å²) in [5, 5.41) is 8.95. The molecule has 1 aliphatic carbocycles. The smallest absolute Gasteiger partial charge is 0.308 e. The number of hydrogen-bond donors (Lipinski definition) is 1. The van der Waals surface area contributed by atoms with Crippen LogP contribution in [0.3, 0.4) is 0 Å². The standard InChI is InChI=1S/C14H25NO3/c1-4-11(5-2)8-13(16)15(12-6-7-12)9-10(3)14(17)18/h10-12H,4-9H2,1-3H3,(H,17,18). The maximum absolute atomic E-state index is 12.2. The van der Waals surface area contributed by atoms with Crippen LogP contribution in [0, 0.1) is 11.8 Å². The van der Waals surface area contributed by atoms with Crippen molar-refractivity contribution in [1.82, 2.24) is 4.90 Å². The van der Waals surface area contributed by atoms with Crippen LogP contribution in [0.5, 0.6) is 0 Å². The summed E-state index contributed by atoms with van der Waals surface area (Å²) in [6.45, 7) is 6.23. The second-order valence-electron chi connectivity index (χ2n) is 5.40. The third-order valence-electron chi connectivity index (χ3n) is 3.82. The Morgan fingerprint density at radius 3 is 2.22 bits per heavy atom. The Kier molecular flexibility index (Phi) is 5.63. The fraction of sp³-hybridized carbons (Fsp3) is 0.857. The van der Waals surface area contributed by atoms with Crippen molar-refractivity contribution >= 4 is 11.9 Å². The molecule has 4 heteroatoms. The molecular formula is C14H25NO3. The monoisotopic (exact) mass is 255 g/mol. The number of carboxylic acid groups (broad SMARTS) is 1. The minimum absolute atomic E-state index is 0.138. The molecule has 0 aromatic carbocycles. The van der Waals surface area contributed by atoms with Crippen molar-refractivity contribution in [2.75, 3.05) is 6.54 Å². The van der Waals surface area contributed by atoms with E-state index in [0.29, 0.717) is 24.9 Å². The Bertz CT molecular complexity index is 295. The molecule has 0 radical (unpaired) electrons. The van der Waals surface area contributed by atoms with Crippen LogP contribution in [-0.4, -0.2) is 34.5 Å². The molecule has 18 heavy (non-hydrogen) atoms. The summed E-state index contributed by atoms with van der Waals surface area (Å²) in [4.78, 5) is 24.9. The van der Waals surface area contributed by atoms with Crippen molar-refractivity contribution in [2.45, 2.75) is 58.9 Å². The molecule has 0 bridgehead atoms. The van der Waals surface area contributed by atoms with Crippen molar-refractivity contribution in [3.05, 3.63) is 0 Å². The number of carbonyl (C=O) groups excluding carboxylic acids is 1. The summed E-state index contributed by atoms with van der Waals surface area (Å²) in [7, 11) is 0. The number of rotatable bonds is 8. The lowest BCUT2D eigenvalue weighted by Crippen LogP contribution is -2.39. The van der Waals surface area contributed by atoms with Crippen molar-refractivity contribution in [1.29, 1.82) is 0 Å². The van der Waals surface area contributed by atoms with Crippen LogP contribution in [0.2, 0.25) is 0 Å². The second-order valence-corrected chi connectivity index (χ2v) is 5.40. The minimum atomic E-state index is -0.823. The van der Waals surface area contributed by atoms with E-state index in [1.54, 1.807) is 11.8 Å². The van der Waals surface area contributed by atoms with E-state index in [9.17, 15) is 9.59 Å². The summed E-state index contributed by atoms with van der Waals surface area (Å²) in [6, 6.07) is 0.300. The van der Waals surface area contributed by atoms with E-state index in [1.807, 2.05) is 0 Å². The Hall–Kier alpha value is -1.06. The van der Waals surface area contributed by atoms with Crippen LogP contribution in [0.1, 0.15) is 52.9 Å². The molecule has 1 N–H and O–H groups in total. The highest BCUT2D eigenvalue weighted by molar-refractivity contribution is 5.78. The van der Waals surface area contributed by atoms with Crippen LogP contribution in [-0.2, 0) is 9.59 Å². The molecule has 104 valence electrons. The molecule has 1 amide bonds. The molecule has 1 aliphatic rings. The molecule has 0 aromatic heterocycles. The largest absolute Gasteiger partial charge is 0.481 e. The van der Waals surface area contributed by atoms with Gasteiger partial charge >= 0.3 is 5.97 Å². The van der Waals surface area contributed by atoms with Gasteiger partial charge < -0.3 is 10.0 Å².